The van der Waals surface area contributed by atoms with Crippen LogP contribution in [0.4, 0.5) is 0 Å². The van der Waals surface area contributed by atoms with Gasteiger partial charge in [-0.05, 0) is 52.0 Å². The van der Waals surface area contributed by atoms with Crippen LogP contribution in [0.2, 0.25) is 0 Å². The highest BCUT2D eigenvalue weighted by molar-refractivity contribution is 5.89. The van der Waals surface area contributed by atoms with Gasteiger partial charge in [0.05, 0.1) is 0 Å². The zero-order chi connectivity index (χ0) is 14.1. The minimum atomic E-state index is -0.215. The van der Waals surface area contributed by atoms with Gasteiger partial charge >= 0.3 is 0 Å². The van der Waals surface area contributed by atoms with Gasteiger partial charge in [-0.15, -0.1) is 0 Å². The molecule has 2 amide bonds. The van der Waals surface area contributed by atoms with E-state index in [2.05, 4.69) is 17.6 Å². The van der Waals surface area contributed by atoms with Gasteiger partial charge < -0.3 is 15.5 Å². The number of rotatable bonds is 3. The van der Waals surface area contributed by atoms with Crippen molar-refractivity contribution in [2.24, 2.45) is 5.92 Å². The molecular formula is C15H25N3O2. The summed E-state index contributed by atoms with van der Waals surface area (Å²) in [6.07, 6.45) is 5.76. The van der Waals surface area contributed by atoms with Crippen molar-refractivity contribution < 1.29 is 9.59 Å². The number of nitrogens with one attached hydrogen (secondary N) is 2. The molecule has 3 atom stereocenters. The Bertz CT molecular complexity index is 395. The van der Waals surface area contributed by atoms with Gasteiger partial charge in [0.2, 0.25) is 11.8 Å². The molecular weight excluding hydrogens is 254 g/mol. The Kier molecular flexibility index (Phi) is 3.96. The number of amides is 2. The Hall–Kier alpha value is -1.10. The smallest absolute Gasteiger partial charge is 0.243 e. The predicted molar refractivity (Wildman–Crippen MR) is 76.1 cm³/mol. The number of likely N-dealkylation sites (tertiary alicyclic amines) is 1. The monoisotopic (exact) mass is 279 g/mol. The summed E-state index contributed by atoms with van der Waals surface area (Å²) >= 11 is 0. The van der Waals surface area contributed by atoms with Crippen molar-refractivity contribution in [2.45, 2.75) is 63.6 Å². The summed E-state index contributed by atoms with van der Waals surface area (Å²) in [5.74, 6) is 0.368. The molecule has 20 heavy (non-hydrogen) atoms. The van der Waals surface area contributed by atoms with E-state index in [1.54, 1.807) is 0 Å². The first-order chi connectivity index (χ1) is 9.65. The maximum atomic E-state index is 12.7. The summed E-state index contributed by atoms with van der Waals surface area (Å²) in [5, 5.41) is 6.42. The molecule has 5 heteroatoms. The van der Waals surface area contributed by atoms with E-state index in [0.717, 1.165) is 51.6 Å². The third-order valence-corrected chi connectivity index (χ3v) is 4.74. The zero-order valence-corrected chi connectivity index (χ0v) is 12.2. The summed E-state index contributed by atoms with van der Waals surface area (Å²) in [4.78, 5) is 26.8. The SMILES string of the molecule is C[C@H]1C[C@@H](C(=O)N2CCCC2C(=O)NC2CC2)CCN1. The van der Waals surface area contributed by atoms with Crippen LogP contribution in [0.5, 0.6) is 0 Å². The molecule has 2 N–H and O–H groups in total. The van der Waals surface area contributed by atoms with Crippen LogP contribution in [0.3, 0.4) is 0 Å². The van der Waals surface area contributed by atoms with Crippen LogP contribution in [0, 0.1) is 5.92 Å². The lowest BCUT2D eigenvalue weighted by Gasteiger charge is -2.32. The van der Waals surface area contributed by atoms with Gasteiger partial charge in [0.15, 0.2) is 0 Å². The number of hydrogen-bond acceptors (Lipinski definition) is 3. The fraction of sp³-hybridized carbons (Fsp3) is 0.867. The lowest BCUT2D eigenvalue weighted by atomic mass is 9.91. The molecule has 2 aliphatic heterocycles. The molecule has 1 aliphatic carbocycles. The minimum Gasteiger partial charge on any atom is -0.352 e. The van der Waals surface area contributed by atoms with Crippen LogP contribution in [0.15, 0.2) is 0 Å². The second kappa shape index (κ2) is 5.72. The molecule has 1 saturated carbocycles. The third-order valence-electron chi connectivity index (χ3n) is 4.74. The van der Waals surface area contributed by atoms with E-state index in [4.69, 9.17) is 0 Å². The van der Waals surface area contributed by atoms with Crippen molar-refractivity contribution in [1.29, 1.82) is 0 Å². The Morgan fingerprint density at radius 2 is 2.00 bits per heavy atom. The first-order valence-electron chi connectivity index (χ1n) is 7.99. The van der Waals surface area contributed by atoms with Crippen molar-refractivity contribution in [3.8, 4) is 0 Å². The first-order valence-corrected chi connectivity index (χ1v) is 7.99. The minimum absolute atomic E-state index is 0.0698. The molecule has 1 unspecified atom stereocenters. The Balaban J connectivity index is 1.61. The highest BCUT2D eigenvalue weighted by atomic mass is 16.2. The van der Waals surface area contributed by atoms with Crippen LogP contribution in [0.25, 0.3) is 0 Å². The van der Waals surface area contributed by atoms with Crippen LogP contribution >= 0.6 is 0 Å². The summed E-state index contributed by atoms with van der Waals surface area (Å²) in [7, 11) is 0. The molecule has 0 spiro atoms. The third kappa shape index (κ3) is 2.97. The maximum absolute atomic E-state index is 12.7. The van der Waals surface area contributed by atoms with E-state index in [-0.39, 0.29) is 23.8 Å². The molecule has 0 aromatic carbocycles. The fourth-order valence-electron chi connectivity index (χ4n) is 3.42. The summed E-state index contributed by atoms with van der Waals surface area (Å²) in [6, 6.07) is 0.561. The Labute approximate surface area is 120 Å². The second-order valence-electron chi connectivity index (χ2n) is 6.55. The number of nitrogens with zero attached hydrogens (tertiary/aromatic N) is 1. The molecule has 0 aromatic heterocycles. The molecule has 0 bridgehead atoms. The van der Waals surface area contributed by atoms with Gasteiger partial charge in [0.1, 0.15) is 6.04 Å². The first kappa shape index (κ1) is 13.9. The van der Waals surface area contributed by atoms with Gasteiger partial charge in [-0.1, -0.05) is 0 Å². The van der Waals surface area contributed by atoms with E-state index in [9.17, 15) is 9.59 Å². The predicted octanol–water partition coefficient (Wildman–Crippen LogP) is 0.644. The van der Waals surface area contributed by atoms with Crippen LogP contribution in [-0.2, 0) is 9.59 Å². The Morgan fingerprint density at radius 1 is 1.20 bits per heavy atom. The lowest BCUT2D eigenvalue weighted by Crippen LogP contribution is -2.50. The van der Waals surface area contributed by atoms with Crippen LogP contribution < -0.4 is 10.6 Å². The van der Waals surface area contributed by atoms with Gasteiger partial charge in [-0.3, -0.25) is 9.59 Å². The van der Waals surface area contributed by atoms with E-state index >= 15 is 0 Å². The van der Waals surface area contributed by atoms with Gasteiger partial charge in [0.25, 0.3) is 0 Å². The van der Waals surface area contributed by atoms with Crippen molar-refractivity contribution in [2.75, 3.05) is 13.1 Å². The number of piperidine rings is 1. The van der Waals surface area contributed by atoms with E-state index < -0.39 is 0 Å². The average molecular weight is 279 g/mol. The van der Waals surface area contributed by atoms with Crippen molar-refractivity contribution in [1.82, 2.24) is 15.5 Å². The van der Waals surface area contributed by atoms with E-state index in [0.29, 0.717) is 12.1 Å². The highest BCUT2D eigenvalue weighted by Gasteiger charge is 2.39. The van der Waals surface area contributed by atoms with Gasteiger partial charge in [-0.2, -0.15) is 0 Å². The summed E-state index contributed by atoms with van der Waals surface area (Å²) in [5.41, 5.74) is 0. The highest BCUT2D eigenvalue weighted by Crippen LogP contribution is 2.26. The van der Waals surface area contributed by atoms with Crippen LogP contribution in [-0.4, -0.2) is 47.9 Å². The lowest BCUT2D eigenvalue weighted by molar-refractivity contribution is -0.142. The zero-order valence-electron chi connectivity index (χ0n) is 12.2. The van der Waals surface area contributed by atoms with Crippen molar-refractivity contribution in [3.63, 3.8) is 0 Å². The number of carbonyl (C=O) groups is 2. The van der Waals surface area contributed by atoms with Gasteiger partial charge in [-0.25, -0.2) is 0 Å². The molecule has 0 radical (unpaired) electrons. The maximum Gasteiger partial charge on any atom is 0.243 e. The quantitative estimate of drug-likeness (QED) is 0.797. The molecule has 112 valence electrons. The van der Waals surface area contributed by atoms with Crippen LogP contribution in [0.1, 0.15) is 45.4 Å². The molecule has 5 nitrogen and oxygen atoms in total. The van der Waals surface area contributed by atoms with Gasteiger partial charge in [0, 0.05) is 24.5 Å². The molecule has 3 aliphatic rings. The summed E-state index contributed by atoms with van der Waals surface area (Å²) < 4.78 is 0. The van der Waals surface area contributed by atoms with E-state index in [1.807, 2.05) is 4.90 Å². The molecule has 3 rings (SSSR count). The standard InChI is InChI=1S/C15H25N3O2/c1-10-9-11(6-7-16-10)15(20)18-8-2-3-13(18)14(19)17-12-4-5-12/h10-13,16H,2-9H2,1H3,(H,17,19)/t10-,11-,13?/m0/s1. The summed E-state index contributed by atoms with van der Waals surface area (Å²) in [6.45, 7) is 3.78. The second-order valence-corrected chi connectivity index (χ2v) is 6.55. The van der Waals surface area contributed by atoms with E-state index in [1.165, 1.54) is 0 Å². The van der Waals surface area contributed by atoms with Crippen molar-refractivity contribution >= 4 is 11.8 Å². The topological polar surface area (TPSA) is 61.4 Å². The molecule has 2 saturated heterocycles. The largest absolute Gasteiger partial charge is 0.352 e. The normalized spacial score (nSPS) is 34.0. The fourth-order valence-corrected chi connectivity index (χ4v) is 3.42. The number of hydrogen-bond donors (Lipinski definition) is 2. The molecule has 0 aromatic rings. The average Bonchev–Trinajstić information content (AvgIpc) is 3.10. The Morgan fingerprint density at radius 3 is 2.70 bits per heavy atom. The molecule has 3 fully saturated rings. The molecule has 2 heterocycles. The van der Waals surface area contributed by atoms with Crippen molar-refractivity contribution in [3.05, 3.63) is 0 Å². The number of carbonyl (C=O) groups excluding carboxylic acids is 2.